The summed E-state index contributed by atoms with van der Waals surface area (Å²) in [5.74, 6) is 0.414. The third-order valence-corrected chi connectivity index (χ3v) is 1.51. The summed E-state index contributed by atoms with van der Waals surface area (Å²) < 4.78 is 0. The van der Waals surface area contributed by atoms with E-state index in [9.17, 15) is 0 Å². The van der Waals surface area contributed by atoms with E-state index >= 15 is 0 Å². The molecule has 0 aliphatic heterocycles. The lowest BCUT2D eigenvalue weighted by Crippen LogP contribution is -1.94. The third kappa shape index (κ3) is 1.48. The van der Waals surface area contributed by atoms with Crippen molar-refractivity contribution in [3.05, 3.63) is 18.0 Å². The van der Waals surface area contributed by atoms with Crippen LogP contribution in [0.4, 0.5) is 0 Å². The van der Waals surface area contributed by atoms with Crippen molar-refractivity contribution in [1.29, 1.82) is 0 Å². The zero-order valence-electron chi connectivity index (χ0n) is 7.20. The average Bonchev–Trinajstić information content (AvgIpc) is 2.30. The lowest BCUT2D eigenvalue weighted by Gasteiger charge is -1.97. The molecule has 0 aliphatic carbocycles. The van der Waals surface area contributed by atoms with Gasteiger partial charge >= 0.3 is 0 Å². The molecule has 0 aliphatic rings. The minimum atomic E-state index is 0.414. The van der Waals surface area contributed by atoms with Gasteiger partial charge < -0.3 is 0 Å². The van der Waals surface area contributed by atoms with Gasteiger partial charge in [-0.15, -0.1) is 0 Å². The Morgan fingerprint density at radius 2 is 2.09 bits per heavy atom. The van der Waals surface area contributed by atoms with E-state index in [0.717, 1.165) is 11.4 Å². The lowest BCUT2D eigenvalue weighted by molar-refractivity contribution is 0.636. The van der Waals surface area contributed by atoms with E-state index in [1.165, 1.54) is 0 Å². The fraction of sp³-hybridized carbons (Fsp3) is 0.500. The molecule has 0 bridgehead atoms. The zero-order valence-corrected chi connectivity index (χ0v) is 7.20. The van der Waals surface area contributed by atoms with E-state index < -0.39 is 0 Å². The molecule has 1 rings (SSSR count). The molecule has 0 spiro atoms. The largest absolute Gasteiger partial charge is 0.187 e. The molecule has 0 saturated heterocycles. The maximum atomic E-state index is 4.22. The molecule has 1 heterocycles. The Hall–Kier alpha value is -1.12. The summed E-state index contributed by atoms with van der Waals surface area (Å²) >= 11 is 0. The van der Waals surface area contributed by atoms with E-state index in [-0.39, 0.29) is 0 Å². The van der Waals surface area contributed by atoms with Gasteiger partial charge in [0.25, 0.3) is 0 Å². The number of hydrogen-bond donors (Lipinski definition) is 0. The smallest absolute Gasteiger partial charge is 0.108 e. The summed E-state index contributed by atoms with van der Waals surface area (Å²) in [6.07, 6.45) is 1.74. The summed E-state index contributed by atoms with van der Waals surface area (Å²) in [5, 5.41) is 8.35. The van der Waals surface area contributed by atoms with Crippen LogP contribution in [0.2, 0.25) is 0 Å². The van der Waals surface area contributed by atoms with Gasteiger partial charge in [-0.1, -0.05) is 20.4 Å². The normalized spacial score (nSPS) is 10.5. The van der Waals surface area contributed by atoms with E-state index in [1.54, 1.807) is 10.9 Å². The van der Waals surface area contributed by atoms with E-state index in [2.05, 4.69) is 30.6 Å². The van der Waals surface area contributed by atoms with Crippen LogP contribution in [0, 0.1) is 0 Å². The minimum Gasteiger partial charge on any atom is -0.187 e. The van der Waals surface area contributed by atoms with Gasteiger partial charge in [-0.25, -0.2) is 0 Å². The van der Waals surface area contributed by atoms with Crippen LogP contribution in [-0.4, -0.2) is 15.0 Å². The molecule has 3 nitrogen and oxygen atoms in total. The molecule has 1 aromatic rings. The van der Waals surface area contributed by atoms with Crippen molar-refractivity contribution in [1.82, 2.24) is 15.0 Å². The zero-order chi connectivity index (χ0) is 8.43. The summed E-state index contributed by atoms with van der Waals surface area (Å²) in [6.45, 7) is 7.86. The maximum Gasteiger partial charge on any atom is 0.108 e. The van der Waals surface area contributed by atoms with Gasteiger partial charge in [-0.3, -0.25) is 0 Å². The van der Waals surface area contributed by atoms with Gasteiger partial charge in [0.05, 0.1) is 5.69 Å². The van der Waals surface area contributed by atoms with Crippen LogP contribution in [-0.2, 0) is 7.05 Å². The Morgan fingerprint density at radius 3 is 2.45 bits per heavy atom. The van der Waals surface area contributed by atoms with Crippen LogP contribution in [0.5, 0.6) is 0 Å². The molecule has 60 valence electrons. The molecule has 0 radical (unpaired) electrons. The van der Waals surface area contributed by atoms with Crippen molar-refractivity contribution in [3.8, 4) is 0 Å². The highest BCUT2D eigenvalue weighted by Crippen LogP contribution is 2.15. The molecule has 11 heavy (non-hydrogen) atoms. The first-order chi connectivity index (χ1) is 5.15. The Labute approximate surface area is 66.7 Å². The highest BCUT2D eigenvalue weighted by molar-refractivity contribution is 5.44. The first kappa shape index (κ1) is 7.98. The highest BCUT2D eigenvalue weighted by atomic mass is 15.5. The molecule has 3 heteroatoms. The van der Waals surface area contributed by atoms with Crippen molar-refractivity contribution in [3.63, 3.8) is 0 Å². The van der Waals surface area contributed by atoms with Crippen molar-refractivity contribution < 1.29 is 0 Å². The van der Waals surface area contributed by atoms with E-state index in [4.69, 9.17) is 0 Å². The Bertz CT molecular complexity index is 260. The number of aromatic nitrogens is 3. The predicted octanol–water partition coefficient (Wildman–Crippen LogP) is 1.58. The van der Waals surface area contributed by atoms with E-state index in [1.807, 2.05) is 7.05 Å². The monoisotopic (exact) mass is 151 g/mol. The van der Waals surface area contributed by atoms with Gasteiger partial charge in [0.15, 0.2) is 0 Å². The summed E-state index contributed by atoms with van der Waals surface area (Å²) in [5.41, 5.74) is 1.91. The Balaban J connectivity index is 3.11. The number of aryl methyl sites for hydroxylation is 1. The summed E-state index contributed by atoms with van der Waals surface area (Å²) in [6, 6.07) is 0. The molecule has 0 fully saturated rings. The molecule has 0 N–H and O–H groups in total. The second-order valence-electron chi connectivity index (χ2n) is 2.82. The van der Waals surface area contributed by atoms with Crippen LogP contribution in [0.15, 0.2) is 6.58 Å². The van der Waals surface area contributed by atoms with Crippen molar-refractivity contribution in [2.24, 2.45) is 7.05 Å². The maximum absolute atomic E-state index is 4.22. The highest BCUT2D eigenvalue weighted by Gasteiger charge is 2.09. The van der Waals surface area contributed by atoms with Gasteiger partial charge in [0.2, 0.25) is 0 Å². The fourth-order valence-corrected chi connectivity index (χ4v) is 0.993. The molecule has 0 amide bonds. The number of nitrogens with zero attached hydrogens (tertiary/aromatic N) is 3. The second kappa shape index (κ2) is 2.86. The topological polar surface area (TPSA) is 30.7 Å². The molecular weight excluding hydrogens is 138 g/mol. The third-order valence-electron chi connectivity index (χ3n) is 1.51. The van der Waals surface area contributed by atoms with Crippen LogP contribution >= 0.6 is 0 Å². The standard InChI is InChI=1S/C8H13N3/c1-5-7-8(6(2)3)10-11(4)9-7/h5-6H,1H2,2-4H3. The summed E-state index contributed by atoms with van der Waals surface area (Å²) in [7, 11) is 1.82. The summed E-state index contributed by atoms with van der Waals surface area (Å²) in [4.78, 5) is 1.58. The average molecular weight is 151 g/mol. The molecular formula is C8H13N3. The molecule has 0 aromatic carbocycles. The first-order valence-electron chi connectivity index (χ1n) is 3.68. The number of hydrogen-bond acceptors (Lipinski definition) is 2. The quantitative estimate of drug-likeness (QED) is 0.642. The van der Waals surface area contributed by atoms with Gasteiger partial charge in [-0.05, 0) is 12.0 Å². The molecule has 0 saturated carbocycles. The SMILES string of the molecule is C=Cc1nn(C)nc1C(C)C. The van der Waals surface area contributed by atoms with Crippen molar-refractivity contribution in [2.45, 2.75) is 19.8 Å². The molecule has 0 atom stereocenters. The lowest BCUT2D eigenvalue weighted by atomic mass is 10.1. The van der Waals surface area contributed by atoms with Crippen LogP contribution < -0.4 is 0 Å². The van der Waals surface area contributed by atoms with Gasteiger partial charge in [0.1, 0.15) is 5.69 Å². The number of rotatable bonds is 2. The Morgan fingerprint density at radius 1 is 1.45 bits per heavy atom. The molecule has 1 aromatic heterocycles. The van der Waals surface area contributed by atoms with Crippen LogP contribution in [0.3, 0.4) is 0 Å². The van der Waals surface area contributed by atoms with Gasteiger partial charge in [0, 0.05) is 7.05 Å². The predicted molar refractivity (Wildman–Crippen MR) is 45.2 cm³/mol. The minimum absolute atomic E-state index is 0.414. The van der Waals surface area contributed by atoms with Gasteiger partial charge in [-0.2, -0.15) is 15.0 Å². The first-order valence-corrected chi connectivity index (χ1v) is 3.68. The van der Waals surface area contributed by atoms with Crippen LogP contribution in [0.25, 0.3) is 6.08 Å². The van der Waals surface area contributed by atoms with E-state index in [0.29, 0.717) is 5.92 Å². The van der Waals surface area contributed by atoms with Crippen molar-refractivity contribution >= 4 is 6.08 Å². The fourth-order valence-electron chi connectivity index (χ4n) is 0.993. The van der Waals surface area contributed by atoms with Crippen LogP contribution in [0.1, 0.15) is 31.2 Å². The second-order valence-corrected chi connectivity index (χ2v) is 2.82. The molecule has 0 unspecified atom stereocenters. The van der Waals surface area contributed by atoms with Crippen molar-refractivity contribution in [2.75, 3.05) is 0 Å². The Kier molecular flexibility index (Phi) is 2.08.